The number of aromatic nitrogens is 5. The summed E-state index contributed by atoms with van der Waals surface area (Å²) in [7, 11) is 5.86. The van der Waals surface area contributed by atoms with Gasteiger partial charge in [0.05, 0.1) is 17.4 Å². The van der Waals surface area contributed by atoms with Gasteiger partial charge in [0.15, 0.2) is 13.7 Å². The Balaban J connectivity index is 1.34. The van der Waals surface area contributed by atoms with E-state index in [1.54, 1.807) is 6.20 Å². The second-order valence-electron chi connectivity index (χ2n) is 8.96. The van der Waals surface area contributed by atoms with Crippen molar-refractivity contribution in [3.8, 4) is 6.07 Å². The van der Waals surface area contributed by atoms with Gasteiger partial charge < -0.3 is 19.6 Å². The molecule has 5 heterocycles. The van der Waals surface area contributed by atoms with Gasteiger partial charge >= 0.3 is 0 Å². The van der Waals surface area contributed by atoms with Crippen LogP contribution in [0.3, 0.4) is 0 Å². The third-order valence-electron chi connectivity index (χ3n) is 6.92. The minimum atomic E-state index is 0.311. The Morgan fingerprint density at radius 2 is 1.79 bits per heavy atom. The van der Waals surface area contributed by atoms with Crippen LogP contribution in [0.5, 0.6) is 0 Å². The summed E-state index contributed by atoms with van der Waals surface area (Å²) in [5.74, 6) is 1.17. The van der Waals surface area contributed by atoms with E-state index in [1.165, 1.54) is 12.8 Å². The van der Waals surface area contributed by atoms with Crippen molar-refractivity contribution in [3.63, 3.8) is 0 Å². The molecule has 0 spiro atoms. The van der Waals surface area contributed by atoms with Gasteiger partial charge in [-0.2, -0.15) is 10.2 Å². The number of piperazine rings is 1. The van der Waals surface area contributed by atoms with Gasteiger partial charge in [-0.15, -0.1) is 0 Å². The number of nitriles is 1. The summed E-state index contributed by atoms with van der Waals surface area (Å²) >= 11 is 0. The summed E-state index contributed by atoms with van der Waals surface area (Å²) in [5, 5.41) is 14.9. The Morgan fingerprint density at radius 3 is 2.53 bits per heavy atom. The first-order chi connectivity index (χ1) is 16.7. The van der Waals surface area contributed by atoms with Crippen molar-refractivity contribution in [2.45, 2.75) is 31.7 Å². The summed E-state index contributed by atoms with van der Waals surface area (Å²) < 4.78 is 2.21. The average molecular weight is 449 g/mol. The third kappa shape index (κ3) is 3.62. The molecule has 0 atom stereocenters. The van der Waals surface area contributed by atoms with Crippen LogP contribution in [0.2, 0.25) is 0 Å². The summed E-state index contributed by atoms with van der Waals surface area (Å²) in [5.41, 5.74) is 3.20. The lowest BCUT2D eigenvalue weighted by Gasteiger charge is -2.34. The number of anilines is 3. The number of rotatable bonds is 4. The number of hydrogen-bond donors (Lipinski definition) is 1. The van der Waals surface area contributed by atoms with Crippen molar-refractivity contribution >= 4 is 47.4 Å². The number of nitrogens with one attached hydrogen (secondary N) is 1. The summed E-state index contributed by atoms with van der Waals surface area (Å²) in [6.07, 6.45) is 9.90. The zero-order valence-corrected chi connectivity index (χ0v) is 18.9. The van der Waals surface area contributed by atoms with Crippen molar-refractivity contribution in [2.24, 2.45) is 0 Å². The molecule has 1 saturated carbocycles. The molecule has 4 aromatic rings. The monoisotopic (exact) mass is 449 g/mol. The van der Waals surface area contributed by atoms with Crippen LogP contribution < -0.4 is 10.2 Å². The Labute approximate surface area is 198 Å². The fourth-order valence-corrected chi connectivity index (χ4v) is 5.17. The molecule has 34 heavy (non-hydrogen) atoms. The second kappa shape index (κ2) is 8.58. The van der Waals surface area contributed by atoms with Crippen LogP contribution in [0.4, 0.5) is 17.5 Å². The molecule has 1 aliphatic heterocycles. The minimum Gasteiger partial charge on any atom is -0.368 e. The van der Waals surface area contributed by atoms with Crippen LogP contribution in [-0.2, 0) is 0 Å². The van der Waals surface area contributed by atoms with E-state index in [2.05, 4.69) is 41.9 Å². The Bertz CT molecular complexity index is 1380. The van der Waals surface area contributed by atoms with Crippen LogP contribution in [0, 0.1) is 11.3 Å². The maximum absolute atomic E-state index is 9.71. The highest BCUT2D eigenvalue weighted by molar-refractivity contribution is 6.08. The predicted octanol–water partition coefficient (Wildman–Crippen LogP) is 3.31. The molecule has 0 aromatic carbocycles. The molecule has 1 aliphatic carbocycles. The van der Waals surface area contributed by atoms with E-state index in [1.807, 2.05) is 29.3 Å². The molecule has 168 valence electrons. The van der Waals surface area contributed by atoms with E-state index in [4.69, 9.17) is 13.0 Å². The lowest BCUT2D eigenvalue weighted by atomic mass is 10.2. The van der Waals surface area contributed by atoms with Crippen LogP contribution in [0.25, 0.3) is 21.9 Å². The van der Waals surface area contributed by atoms with E-state index in [0.717, 1.165) is 66.6 Å². The number of nitrogens with zero attached hydrogens (tertiary/aromatic N) is 8. The summed E-state index contributed by atoms with van der Waals surface area (Å²) in [6.45, 7) is 3.45. The zero-order valence-electron chi connectivity index (χ0n) is 18.9. The maximum atomic E-state index is 9.71. The number of pyridine rings is 2. The van der Waals surface area contributed by atoms with E-state index in [-0.39, 0.29) is 0 Å². The smallest absolute Gasteiger partial charge is 0.230 e. The van der Waals surface area contributed by atoms with Crippen molar-refractivity contribution in [1.82, 2.24) is 29.3 Å². The summed E-state index contributed by atoms with van der Waals surface area (Å²) in [4.78, 5) is 22.5. The standard InChI is InChI=1S/C24H24BN9/c25-33-11-9-32(10-12-33)17-5-6-21(28-14-17)30-24-29-15-19-18-7-8-27-20(13-26)22(18)34(23(19)31-24)16-3-1-2-4-16/h5-8,14-16H,1-4,9-12H2,(H,28,29,30,31). The van der Waals surface area contributed by atoms with E-state index < -0.39 is 0 Å². The molecule has 2 aliphatic rings. The lowest BCUT2D eigenvalue weighted by Crippen LogP contribution is -2.45. The maximum Gasteiger partial charge on any atom is 0.230 e. The van der Waals surface area contributed by atoms with Crippen molar-refractivity contribution in [1.29, 1.82) is 5.26 Å². The van der Waals surface area contributed by atoms with Gasteiger partial charge in [0.2, 0.25) is 5.95 Å². The summed E-state index contributed by atoms with van der Waals surface area (Å²) in [6, 6.07) is 8.53. The molecule has 6 rings (SSSR count). The van der Waals surface area contributed by atoms with Gasteiger partial charge in [-0.1, -0.05) is 12.8 Å². The van der Waals surface area contributed by atoms with Gasteiger partial charge in [0, 0.05) is 55.4 Å². The number of fused-ring (bicyclic) bond motifs is 3. The van der Waals surface area contributed by atoms with Crippen LogP contribution in [0.15, 0.2) is 36.8 Å². The first-order valence-electron chi connectivity index (χ1n) is 11.7. The van der Waals surface area contributed by atoms with Gasteiger partial charge in [-0.05, 0) is 31.0 Å². The molecule has 1 N–H and O–H groups in total. The first-order valence-corrected chi connectivity index (χ1v) is 11.7. The Morgan fingerprint density at radius 1 is 0.971 bits per heavy atom. The van der Waals surface area contributed by atoms with Gasteiger partial charge in [0.25, 0.3) is 0 Å². The molecule has 0 bridgehead atoms. The van der Waals surface area contributed by atoms with Gasteiger partial charge in [0.1, 0.15) is 17.5 Å². The largest absolute Gasteiger partial charge is 0.368 e. The van der Waals surface area contributed by atoms with Crippen LogP contribution in [0.1, 0.15) is 37.4 Å². The van der Waals surface area contributed by atoms with E-state index in [0.29, 0.717) is 23.5 Å². The molecular formula is C24H24BN9. The molecule has 1 saturated heterocycles. The van der Waals surface area contributed by atoms with E-state index >= 15 is 0 Å². The van der Waals surface area contributed by atoms with Crippen molar-refractivity contribution in [2.75, 3.05) is 36.4 Å². The van der Waals surface area contributed by atoms with Crippen molar-refractivity contribution in [3.05, 3.63) is 42.5 Å². The first kappa shape index (κ1) is 20.9. The highest BCUT2D eigenvalue weighted by atomic mass is 15.2. The lowest BCUT2D eigenvalue weighted by molar-refractivity contribution is 0.415. The fraction of sp³-hybridized carbons (Fsp3) is 0.375. The fourth-order valence-electron chi connectivity index (χ4n) is 5.17. The highest BCUT2D eigenvalue weighted by Crippen LogP contribution is 2.38. The quantitative estimate of drug-likeness (QED) is 0.474. The van der Waals surface area contributed by atoms with Gasteiger partial charge in [-0.25, -0.2) is 15.0 Å². The molecule has 10 heteroatoms. The number of hydrogen-bond acceptors (Lipinski definition) is 8. The minimum absolute atomic E-state index is 0.311. The van der Waals surface area contributed by atoms with Gasteiger partial charge in [-0.3, -0.25) is 0 Å². The SMILES string of the molecule is [B]N1CCN(c2ccc(Nc3ncc4c5ccnc(C#N)c5n(C5CCCC5)c4n3)nc2)CC1. The second-order valence-corrected chi connectivity index (χ2v) is 8.96. The predicted molar refractivity (Wildman–Crippen MR) is 132 cm³/mol. The van der Waals surface area contributed by atoms with E-state index in [9.17, 15) is 5.26 Å². The Hall–Kier alpha value is -3.71. The third-order valence-corrected chi connectivity index (χ3v) is 6.92. The molecular weight excluding hydrogens is 425 g/mol. The topological polar surface area (TPSA) is 98.8 Å². The van der Waals surface area contributed by atoms with Crippen molar-refractivity contribution < 1.29 is 0 Å². The highest BCUT2D eigenvalue weighted by Gasteiger charge is 2.25. The zero-order chi connectivity index (χ0) is 23.1. The molecule has 0 unspecified atom stereocenters. The molecule has 2 radical (unpaired) electrons. The molecule has 4 aromatic heterocycles. The van der Waals surface area contributed by atoms with Crippen LogP contribution in [-0.4, -0.2) is 63.5 Å². The molecule has 0 amide bonds. The average Bonchev–Trinajstić information content (AvgIpc) is 3.51. The Kier molecular flexibility index (Phi) is 5.26. The van der Waals surface area contributed by atoms with Crippen LogP contribution >= 0.6 is 0 Å². The normalized spacial score (nSPS) is 17.4. The molecule has 9 nitrogen and oxygen atoms in total. The molecule has 2 fully saturated rings.